The van der Waals surface area contributed by atoms with Crippen LogP contribution in [0.1, 0.15) is 40.0 Å². The van der Waals surface area contributed by atoms with Crippen molar-refractivity contribution >= 4 is 35.0 Å². The number of halogens is 2. The second-order valence-corrected chi connectivity index (χ2v) is 7.34. The van der Waals surface area contributed by atoms with Gasteiger partial charge < -0.3 is 4.74 Å². The lowest BCUT2D eigenvalue weighted by atomic mass is 9.75. The molecule has 1 saturated carbocycles. The maximum Gasteiger partial charge on any atom is 0.411 e. The molecule has 0 saturated heterocycles. The van der Waals surface area contributed by atoms with Crippen molar-refractivity contribution in [2.45, 2.75) is 46.1 Å². The lowest BCUT2D eigenvalue weighted by Crippen LogP contribution is -2.36. The standard InChI is InChI=1S/C17H23Cl2NO2/c1-10(2)13-6-4-11(3)8-16(13)22-17(21)20-12-5-7-14(18)15(19)9-12/h5,7,9-11,13,16H,4,6,8H2,1-3H3,(H,20,21)/t11-,13-,16-/m1/s1. The number of benzene rings is 1. The molecule has 0 unspecified atom stereocenters. The van der Waals surface area contributed by atoms with Crippen molar-refractivity contribution in [2.75, 3.05) is 5.32 Å². The van der Waals surface area contributed by atoms with Gasteiger partial charge in [-0.25, -0.2) is 4.79 Å². The van der Waals surface area contributed by atoms with Crippen molar-refractivity contribution < 1.29 is 9.53 Å². The third-order valence-electron chi connectivity index (χ3n) is 4.39. The molecular weight excluding hydrogens is 321 g/mol. The summed E-state index contributed by atoms with van der Waals surface area (Å²) in [6, 6.07) is 4.98. The van der Waals surface area contributed by atoms with Gasteiger partial charge in [-0.15, -0.1) is 0 Å². The molecule has 0 bridgehead atoms. The maximum atomic E-state index is 12.1. The summed E-state index contributed by atoms with van der Waals surface area (Å²) < 4.78 is 5.68. The third-order valence-corrected chi connectivity index (χ3v) is 5.12. The molecule has 1 aliphatic rings. The van der Waals surface area contributed by atoms with E-state index in [0.29, 0.717) is 33.5 Å². The third kappa shape index (κ3) is 4.53. The predicted octanol–water partition coefficient (Wildman–Crippen LogP) is 6.00. The number of carbonyl (C=O) groups excluding carboxylic acids is 1. The topological polar surface area (TPSA) is 38.3 Å². The first kappa shape index (κ1) is 17.4. The number of carbonyl (C=O) groups is 1. The zero-order valence-electron chi connectivity index (χ0n) is 13.2. The Hall–Kier alpha value is -0.930. The molecule has 0 heterocycles. The molecule has 3 atom stereocenters. The van der Waals surface area contributed by atoms with Crippen LogP contribution in [0, 0.1) is 17.8 Å². The van der Waals surface area contributed by atoms with E-state index in [2.05, 4.69) is 26.1 Å². The first-order valence-electron chi connectivity index (χ1n) is 7.79. The highest BCUT2D eigenvalue weighted by molar-refractivity contribution is 6.42. The van der Waals surface area contributed by atoms with Gasteiger partial charge in [0, 0.05) is 5.69 Å². The van der Waals surface area contributed by atoms with Crippen LogP contribution in [0.4, 0.5) is 10.5 Å². The maximum absolute atomic E-state index is 12.1. The molecule has 5 heteroatoms. The molecular formula is C17H23Cl2NO2. The van der Waals surface area contributed by atoms with Crippen molar-refractivity contribution in [1.29, 1.82) is 0 Å². The lowest BCUT2D eigenvalue weighted by molar-refractivity contribution is 0.0126. The molecule has 1 aliphatic carbocycles. The number of rotatable bonds is 3. The fraction of sp³-hybridized carbons (Fsp3) is 0.588. The number of nitrogens with one attached hydrogen (secondary N) is 1. The largest absolute Gasteiger partial charge is 0.446 e. The molecule has 2 rings (SSSR count). The summed E-state index contributed by atoms with van der Waals surface area (Å²) in [4.78, 5) is 12.1. The molecule has 1 aromatic rings. The van der Waals surface area contributed by atoms with E-state index in [4.69, 9.17) is 27.9 Å². The molecule has 122 valence electrons. The van der Waals surface area contributed by atoms with E-state index >= 15 is 0 Å². The first-order chi connectivity index (χ1) is 10.4. The SMILES string of the molecule is CC(C)[C@H]1CC[C@@H](C)C[C@H]1OC(=O)Nc1ccc(Cl)c(Cl)c1. The molecule has 1 fully saturated rings. The number of hydrogen-bond acceptors (Lipinski definition) is 2. The Morgan fingerprint density at radius 2 is 2.00 bits per heavy atom. The molecule has 1 N–H and O–H groups in total. The smallest absolute Gasteiger partial charge is 0.411 e. The summed E-state index contributed by atoms with van der Waals surface area (Å²) in [6.07, 6.45) is 2.80. The number of hydrogen-bond donors (Lipinski definition) is 1. The van der Waals surface area contributed by atoms with Gasteiger partial charge in [-0.2, -0.15) is 0 Å². The van der Waals surface area contributed by atoms with Gasteiger partial charge in [0.05, 0.1) is 10.0 Å². The minimum Gasteiger partial charge on any atom is -0.446 e. The van der Waals surface area contributed by atoms with E-state index < -0.39 is 6.09 Å². The Kier molecular flexibility index (Phi) is 5.99. The van der Waals surface area contributed by atoms with Crippen molar-refractivity contribution in [1.82, 2.24) is 0 Å². The van der Waals surface area contributed by atoms with Gasteiger partial charge in [0.15, 0.2) is 0 Å². The molecule has 1 aromatic carbocycles. The average molecular weight is 344 g/mol. The van der Waals surface area contributed by atoms with Gasteiger partial charge in [-0.1, -0.05) is 50.4 Å². The number of ether oxygens (including phenoxy) is 1. The van der Waals surface area contributed by atoms with Crippen LogP contribution in [0.5, 0.6) is 0 Å². The molecule has 0 spiro atoms. The first-order valence-corrected chi connectivity index (χ1v) is 8.55. The van der Waals surface area contributed by atoms with Gasteiger partial charge in [-0.3, -0.25) is 5.32 Å². The van der Waals surface area contributed by atoms with Crippen LogP contribution in [0.2, 0.25) is 10.0 Å². The predicted molar refractivity (Wildman–Crippen MR) is 91.7 cm³/mol. The molecule has 1 amide bonds. The van der Waals surface area contributed by atoms with Crippen LogP contribution >= 0.6 is 23.2 Å². The van der Waals surface area contributed by atoms with Crippen LogP contribution in [-0.4, -0.2) is 12.2 Å². The highest BCUT2D eigenvalue weighted by Crippen LogP contribution is 2.35. The van der Waals surface area contributed by atoms with Crippen LogP contribution in [-0.2, 0) is 4.74 Å². The Balaban J connectivity index is 1.98. The minimum absolute atomic E-state index is 0.0217. The van der Waals surface area contributed by atoms with E-state index in [0.717, 1.165) is 12.8 Å². The van der Waals surface area contributed by atoms with Gasteiger partial charge in [0.1, 0.15) is 6.10 Å². The number of amides is 1. The zero-order chi connectivity index (χ0) is 16.3. The highest BCUT2D eigenvalue weighted by atomic mass is 35.5. The molecule has 0 aromatic heterocycles. The second-order valence-electron chi connectivity index (χ2n) is 6.52. The average Bonchev–Trinajstić information content (AvgIpc) is 2.42. The Morgan fingerprint density at radius 3 is 2.64 bits per heavy atom. The van der Waals surface area contributed by atoms with E-state index in [-0.39, 0.29) is 6.10 Å². The summed E-state index contributed by atoms with van der Waals surface area (Å²) in [5.41, 5.74) is 0.587. The van der Waals surface area contributed by atoms with Crippen LogP contribution in [0.25, 0.3) is 0 Å². The van der Waals surface area contributed by atoms with E-state index in [1.54, 1.807) is 18.2 Å². The lowest BCUT2D eigenvalue weighted by Gasteiger charge is -2.36. The van der Waals surface area contributed by atoms with E-state index in [1.807, 2.05) is 0 Å². The Morgan fingerprint density at radius 1 is 1.27 bits per heavy atom. The highest BCUT2D eigenvalue weighted by Gasteiger charge is 2.33. The summed E-state index contributed by atoms with van der Waals surface area (Å²) in [6.45, 7) is 6.59. The van der Waals surface area contributed by atoms with Crippen LogP contribution < -0.4 is 5.32 Å². The van der Waals surface area contributed by atoms with Crippen molar-refractivity contribution in [3.63, 3.8) is 0 Å². The van der Waals surface area contributed by atoms with Gasteiger partial charge in [-0.05, 0) is 48.8 Å². The monoisotopic (exact) mass is 343 g/mol. The minimum atomic E-state index is -0.428. The zero-order valence-corrected chi connectivity index (χ0v) is 14.7. The van der Waals surface area contributed by atoms with Crippen LogP contribution in [0.3, 0.4) is 0 Å². The molecule has 0 radical (unpaired) electrons. The Bertz CT molecular complexity index is 533. The molecule has 22 heavy (non-hydrogen) atoms. The van der Waals surface area contributed by atoms with Crippen LogP contribution in [0.15, 0.2) is 18.2 Å². The van der Waals surface area contributed by atoms with Crippen molar-refractivity contribution in [2.24, 2.45) is 17.8 Å². The fourth-order valence-electron chi connectivity index (χ4n) is 3.11. The molecule has 3 nitrogen and oxygen atoms in total. The van der Waals surface area contributed by atoms with Crippen molar-refractivity contribution in [3.8, 4) is 0 Å². The van der Waals surface area contributed by atoms with E-state index in [9.17, 15) is 4.79 Å². The number of anilines is 1. The quantitative estimate of drug-likeness (QED) is 0.730. The summed E-state index contributed by atoms with van der Waals surface area (Å²) in [7, 11) is 0. The van der Waals surface area contributed by atoms with Gasteiger partial charge >= 0.3 is 6.09 Å². The normalized spacial score (nSPS) is 25.1. The van der Waals surface area contributed by atoms with Gasteiger partial charge in [0.25, 0.3) is 0 Å². The fourth-order valence-corrected chi connectivity index (χ4v) is 3.41. The van der Waals surface area contributed by atoms with Gasteiger partial charge in [0.2, 0.25) is 0 Å². The second kappa shape index (κ2) is 7.56. The Labute approximate surface area is 142 Å². The molecule has 0 aliphatic heterocycles. The summed E-state index contributed by atoms with van der Waals surface area (Å²) in [5.74, 6) is 1.53. The van der Waals surface area contributed by atoms with Crippen molar-refractivity contribution in [3.05, 3.63) is 28.2 Å². The summed E-state index contributed by atoms with van der Waals surface area (Å²) in [5, 5.41) is 3.60. The summed E-state index contributed by atoms with van der Waals surface area (Å²) >= 11 is 11.8. The van der Waals surface area contributed by atoms with E-state index in [1.165, 1.54) is 6.42 Å².